The van der Waals surface area contributed by atoms with Gasteiger partial charge in [0.25, 0.3) is 0 Å². The molecule has 0 aromatic carbocycles. The first-order chi connectivity index (χ1) is 7.30. The van der Waals surface area contributed by atoms with Crippen LogP contribution in [0.2, 0.25) is 0 Å². The first kappa shape index (κ1) is 13.0. The Bertz CT molecular complexity index is 147. The van der Waals surface area contributed by atoms with Gasteiger partial charge in [0.15, 0.2) is 0 Å². The Balaban J connectivity index is 2.19. The summed E-state index contributed by atoms with van der Waals surface area (Å²) in [5.74, 6) is 0. The molecule has 0 aromatic rings. The molecule has 0 heterocycles. The van der Waals surface area contributed by atoms with Crippen LogP contribution < -0.4 is 10.6 Å². The van der Waals surface area contributed by atoms with Crippen molar-refractivity contribution in [3.05, 3.63) is 0 Å². The van der Waals surface area contributed by atoms with Crippen LogP contribution in [0.1, 0.15) is 59.3 Å². The minimum absolute atomic E-state index is 0.741. The van der Waals surface area contributed by atoms with Gasteiger partial charge in [0.2, 0.25) is 0 Å². The highest BCUT2D eigenvalue weighted by Gasteiger charge is 2.21. The molecule has 0 aliphatic heterocycles. The van der Waals surface area contributed by atoms with E-state index in [0.717, 1.165) is 24.7 Å². The lowest BCUT2D eigenvalue weighted by Gasteiger charge is -2.32. The molecule has 0 saturated heterocycles. The molecule has 1 rings (SSSR count). The molecule has 2 heteroatoms. The second kappa shape index (κ2) is 7.24. The van der Waals surface area contributed by atoms with Crippen molar-refractivity contribution in [3.63, 3.8) is 0 Å². The van der Waals surface area contributed by atoms with Crippen LogP contribution in [-0.4, -0.2) is 24.7 Å². The fourth-order valence-electron chi connectivity index (χ4n) is 2.61. The molecule has 2 nitrogen and oxygen atoms in total. The van der Waals surface area contributed by atoms with Gasteiger partial charge in [-0.25, -0.2) is 0 Å². The van der Waals surface area contributed by atoms with Crippen LogP contribution in [-0.2, 0) is 0 Å². The lowest BCUT2D eigenvalue weighted by Crippen LogP contribution is -2.43. The third-order valence-electron chi connectivity index (χ3n) is 3.68. The van der Waals surface area contributed by atoms with Crippen molar-refractivity contribution in [1.82, 2.24) is 10.6 Å². The molecule has 0 spiro atoms. The number of hydrogen-bond donors (Lipinski definition) is 2. The Hall–Kier alpha value is -0.0800. The lowest BCUT2D eigenvalue weighted by molar-refractivity contribution is 0.285. The van der Waals surface area contributed by atoms with Crippen molar-refractivity contribution >= 4 is 0 Å². The topological polar surface area (TPSA) is 24.1 Å². The van der Waals surface area contributed by atoms with E-state index >= 15 is 0 Å². The van der Waals surface area contributed by atoms with Crippen LogP contribution in [0.15, 0.2) is 0 Å². The number of nitrogens with one attached hydrogen (secondary N) is 2. The fraction of sp³-hybridized carbons (Fsp3) is 1.00. The smallest absolute Gasteiger partial charge is 0.00708 e. The maximum atomic E-state index is 3.79. The average molecular weight is 212 g/mol. The van der Waals surface area contributed by atoms with Gasteiger partial charge in [0.05, 0.1) is 0 Å². The van der Waals surface area contributed by atoms with Crippen molar-refractivity contribution in [1.29, 1.82) is 0 Å². The molecule has 1 saturated carbocycles. The number of rotatable bonds is 6. The predicted octanol–water partition coefficient (Wildman–Crippen LogP) is 2.69. The normalized spacial score (nSPS) is 27.2. The molecule has 0 radical (unpaired) electrons. The maximum Gasteiger partial charge on any atom is 0.00708 e. The summed E-state index contributed by atoms with van der Waals surface area (Å²) in [6, 6.07) is 2.31. The lowest BCUT2D eigenvalue weighted by atomic mass is 9.90. The van der Waals surface area contributed by atoms with Crippen LogP contribution in [0.25, 0.3) is 0 Å². The molecule has 0 aromatic heterocycles. The third-order valence-corrected chi connectivity index (χ3v) is 3.68. The Morgan fingerprint density at radius 3 is 1.93 bits per heavy atom. The standard InChI is InChI=1S/C13H28N2/c1-4-11(5-2)15-13-9-7-12(8-10-13)14-6-3/h11-15H,4-10H2,1-3H3. The van der Waals surface area contributed by atoms with Gasteiger partial charge >= 0.3 is 0 Å². The highest BCUT2D eigenvalue weighted by molar-refractivity contribution is 4.82. The van der Waals surface area contributed by atoms with Gasteiger partial charge in [-0.15, -0.1) is 0 Å². The van der Waals surface area contributed by atoms with Gasteiger partial charge in [-0.2, -0.15) is 0 Å². The monoisotopic (exact) mass is 212 g/mol. The Kier molecular flexibility index (Phi) is 6.26. The van der Waals surface area contributed by atoms with E-state index in [9.17, 15) is 0 Å². The molecular formula is C13H28N2. The summed E-state index contributed by atoms with van der Waals surface area (Å²) >= 11 is 0. The van der Waals surface area contributed by atoms with Crippen molar-refractivity contribution < 1.29 is 0 Å². The van der Waals surface area contributed by atoms with Crippen molar-refractivity contribution in [2.45, 2.75) is 77.4 Å². The summed E-state index contributed by atoms with van der Waals surface area (Å²) in [5, 5.41) is 7.35. The van der Waals surface area contributed by atoms with Crippen LogP contribution in [0, 0.1) is 0 Å². The zero-order valence-electron chi connectivity index (χ0n) is 10.7. The summed E-state index contributed by atoms with van der Waals surface area (Å²) in [7, 11) is 0. The summed E-state index contributed by atoms with van der Waals surface area (Å²) in [4.78, 5) is 0. The second-order valence-corrected chi connectivity index (χ2v) is 4.79. The first-order valence-electron chi connectivity index (χ1n) is 6.79. The van der Waals surface area contributed by atoms with Crippen LogP contribution >= 0.6 is 0 Å². The van der Waals surface area contributed by atoms with E-state index in [1.165, 1.54) is 38.5 Å². The van der Waals surface area contributed by atoms with Gasteiger partial charge in [0.1, 0.15) is 0 Å². The molecule has 2 N–H and O–H groups in total. The highest BCUT2D eigenvalue weighted by Crippen LogP contribution is 2.19. The molecule has 0 bridgehead atoms. The summed E-state index contributed by atoms with van der Waals surface area (Å²) < 4.78 is 0. The SMILES string of the molecule is CCNC1CCC(NC(CC)CC)CC1. The van der Waals surface area contributed by atoms with Crippen LogP contribution in [0.5, 0.6) is 0 Å². The minimum atomic E-state index is 0.741. The minimum Gasteiger partial charge on any atom is -0.314 e. The van der Waals surface area contributed by atoms with Crippen molar-refractivity contribution in [3.8, 4) is 0 Å². The zero-order chi connectivity index (χ0) is 11.1. The second-order valence-electron chi connectivity index (χ2n) is 4.79. The van der Waals surface area contributed by atoms with E-state index in [2.05, 4.69) is 31.4 Å². The molecule has 15 heavy (non-hydrogen) atoms. The van der Waals surface area contributed by atoms with Crippen molar-refractivity contribution in [2.24, 2.45) is 0 Å². The Morgan fingerprint density at radius 1 is 0.933 bits per heavy atom. The first-order valence-corrected chi connectivity index (χ1v) is 6.79. The Morgan fingerprint density at radius 2 is 1.47 bits per heavy atom. The van der Waals surface area contributed by atoms with Gasteiger partial charge < -0.3 is 10.6 Å². The van der Waals surface area contributed by atoms with Gasteiger partial charge in [0, 0.05) is 18.1 Å². The molecule has 90 valence electrons. The quantitative estimate of drug-likeness (QED) is 0.707. The molecule has 0 amide bonds. The summed E-state index contributed by atoms with van der Waals surface area (Å²) in [5.41, 5.74) is 0. The maximum absolute atomic E-state index is 3.79. The van der Waals surface area contributed by atoms with E-state index in [4.69, 9.17) is 0 Å². The predicted molar refractivity (Wildman–Crippen MR) is 67.2 cm³/mol. The molecule has 1 aliphatic rings. The average Bonchev–Trinajstić information content (AvgIpc) is 2.28. The number of hydrogen-bond acceptors (Lipinski definition) is 2. The van der Waals surface area contributed by atoms with Crippen LogP contribution in [0.4, 0.5) is 0 Å². The molecule has 1 fully saturated rings. The van der Waals surface area contributed by atoms with E-state index in [1.54, 1.807) is 0 Å². The molecule has 0 unspecified atom stereocenters. The highest BCUT2D eigenvalue weighted by atomic mass is 15.0. The Labute approximate surface area is 95.2 Å². The molecular weight excluding hydrogens is 184 g/mol. The van der Waals surface area contributed by atoms with E-state index < -0.39 is 0 Å². The molecule has 1 aliphatic carbocycles. The third kappa shape index (κ3) is 4.52. The van der Waals surface area contributed by atoms with Gasteiger partial charge in [-0.1, -0.05) is 20.8 Å². The van der Waals surface area contributed by atoms with E-state index in [1.807, 2.05) is 0 Å². The van der Waals surface area contributed by atoms with Gasteiger partial charge in [-0.05, 0) is 45.1 Å². The van der Waals surface area contributed by atoms with Crippen molar-refractivity contribution in [2.75, 3.05) is 6.54 Å². The summed E-state index contributed by atoms with van der Waals surface area (Å²) in [6.07, 6.45) is 7.95. The fourth-order valence-corrected chi connectivity index (χ4v) is 2.61. The van der Waals surface area contributed by atoms with Gasteiger partial charge in [-0.3, -0.25) is 0 Å². The van der Waals surface area contributed by atoms with E-state index in [0.29, 0.717) is 0 Å². The van der Waals surface area contributed by atoms with E-state index in [-0.39, 0.29) is 0 Å². The van der Waals surface area contributed by atoms with Crippen LogP contribution in [0.3, 0.4) is 0 Å². The largest absolute Gasteiger partial charge is 0.314 e. The molecule has 0 atom stereocenters. The summed E-state index contributed by atoms with van der Waals surface area (Å²) in [6.45, 7) is 7.89. The zero-order valence-corrected chi connectivity index (χ0v) is 10.7.